The van der Waals surface area contributed by atoms with Gasteiger partial charge in [0, 0.05) is 122 Å². The number of hydrogen-bond donors (Lipinski definition) is 1. The van der Waals surface area contributed by atoms with Gasteiger partial charge >= 0.3 is 11.9 Å². The van der Waals surface area contributed by atoms with Crippen LogP contribution in [-0.2, 0) is 52.5 Å². The van der Waals surface area contributed by atoms with Crippen molar-refractivity contribution < 1.29 is 32.3 Å². The van der Waals surface area contributed by atoms with E-state index in [0.29, 0.717) is 55.7 Å². The van der Waals surface area contributed by atoms with Crippen LogP contribution in [0.3, 0.4) is 0 Å². The molecule has 3 aromatic heterocycles. The molecule has 4 aliphatic heterocycles. The molecule has 1 N–H and O–H groups in total. The fraction of sp³-hybridized carbons (Fsp3) is 0.423. The molecule has 0 bridgehead atoms. The van der Waals surface area contributed by atoms with Gasteiger partial charge in [0.15, 0.2) is 0 Å². The zero-order valence-electron chi connectivity index (χ0n) is 39.8. The second-order valence-electron chi connectivity index (χ2n) is 19.7. The lowest BCUT2D eigenvalue weighted by molar-refractivity contribution is -0.137. The minimum absolute atomic E-state index is 0.0175. The molecule has 1 atom stereocenters. The normalized spacial score (nSPS) is 22.3. The number of halogens is 3. The van der Waals surface area contributed by atoms with E-state index in [-0.39, 0.29) is 36.4 Å². The lowest BCUT2D eigenvalue weighted by atomic mass is 9.62. The highest BCUT2D eigenvalue weighted by Gasteiger charge is 2.50. The number of aromatic nitrogens is 5. The SMILES string of the molecule is COC1CC(c2cccc(-n3cc4c(C(F)(F)F)cc(CN5CCN(CCc6ccc(N7CCN(c8ccc9c(c8)CN(C8CCC(=O)NC8=O)C9=O)CC7)cc6)CC5)cn4c3=O)c2)(c2nncn2C)C1. The van der Waals surface area contributed by atoms with Crippen LogP contribution in [0.15, 0.2) is 96.3 Å². The van der Waals surface area contributed by atoms with Crippen LogP contribution in [0.25, 0.3) is 11.2 Å². The van der Waals surface area contributed by atoms with Crippen molar-refractivity contribution in [1.82, 2.24) is 43.7 Å². The Balaban J connectivity index is 0.682. The van der Waals surface area contributed by atoms with E-state index in [0.717, 1.165) is 79.3 Å². The fourth-order valence-electron chi connectivity index (χ4n) is 11.4. The fourth-order valence-corrected chi connectivity index (χ4v) is 11.4. The first kappa shape index (κ1) is 46.5. The first-order valence-electron chi connectivity index (χ1n) is 24.4. The molecular formula is C52H56F3N11O5. The summed E-state index contributed by atoms with van der Waals surface area (Å²) in [5, 5.41) is 10.9. The number of carbonyl (C=O) groups is 3. The Morgan fingerprint density at radius 3 is 2.21 bits per heavy atom. The molecule has 1 saturated carbocycles. The Morgan fingerprint density at radius 1 is 0.803 bits per heavy atom. The molecule has 71 heavy (non-hydrogen) atoms. The number of benzene rings is 3. The highest BCUT2D eigenvalue weighted by Crippen LogP contribution is 2.49. The van der Waals surface area contributed by atoms with Gasteiger partial charge in [0.05, 0.1) is 28.3 Å². The van der Waals surface area contributed by atoms with Gasteiger partial charge in [-0.1, -0.05) is 24.3 Å². The molecule has 3 aromatic carbocycles. The molecule has 1 unspecified atom stereocenters. The average Bonchev–Trinajstić information content (AvgIpc) is 4.04. The van der Waals surface area contributed by atoms with Gasteiger partial charge < -0.3 is 28.9 Å². The number of methoxy groups -OCH3 is 1. The Morgan fingerprint density at radius 2 is 1.52 bits per heavy atom. The first-order valence-corrected chi connectivity index (χ1v) is 24.4. The smallest absolute Gasteiger partial charge is 0.381 e. The summed E-state index contributed by atoms with van der Waals surface area (Å²) in [6.45, 7) is 7.77. The van der Waals surface area contributed by atoms with Crippen molar-refractivity contribution in [3.05, 3.63) is 141 Å². The molecule has 0 radical (unpaired) electrons. The van der Waals surface area contributed by atoms with E-state index in [1.54, 1.807) is 30.6 Å². The van der Waals surface area contributed by atoms with Gasteiger partial charge in [0.2, 0.25) is 11.8 Å². The second-order valence-corrected chi connectivity index (χ2v) is 19.7. The van der Waals surface area contributed by atoms with Crippen LogP contribution in [0.1, 0.15) is 69.7 Å². The van der Waals surface area contributed by atoms with Gasteiger partial charge in [-0.05, 0) is 96.5 Å². The second kappa shape index (κ2) is 18.4. The summed E-state index contributed by atoms with van der Waals surface area (Å²) in [6, 6.07) is 22.6. The molecule has 3 saturated heterocycles. The highest BCUT2D eigenvalue weighted by atomic mass is 19.4. The number of nitrogens with one attached hydrogen (secondary N) is 1. The van der Waals surface area contributed by atoms with Crippen LogP contribution in [0.5, 0.6) is 0 Å². The number of pyridine rings is 1. The predicted molar refractivity (Wildman–Crippen MR) is 259 cm³/mol. The number of imide groups is 1. The van der Waals surface area contributed by atoms with Crippen LogP contribution < -0.4 is 20.8 Å². The summed E-state index contributed by atoms with van der Waals surface area (Å²) in [7, 11) is 3.55. The number of hydrogen-bond acceptors (Lipinski definition) is 11. The summed E-state index contributed by atoms with van der Waals surface area (Å²) < 4.78 is 54.1. The van der Waals surface area contributed by atoms with E-state index < -0.39 is 34.8 Å². The predicted octanol–water partition coefficient (Wildman–Crippen LogP) is 4.78. The van der Waals surface area contributed by atoms with Crippen LogP contribution in [0.2, 0.25) is 0 Å². The van der Waals surface area contributed by atoms with Crippen molar-refractivity contribution in [2.45, 2.75) is 68.9 Å². The largest absolute Gasteiger partial charge is 0.418 e. The van der Waals surface area contributed by atoms with E-state index >= 15 is 0 Å². The summed E-state index contributed by atoms with van der Waals surface area (Å²) in [4.78, 5) is 62.2. The third-order valence-electron chi connectivity index (χ3n) is 15.5. The van der Waals surface area contributed by atoms with E-state index in [4.69, 9.17) is 4.74 Å². The van der Waals surface area contributed by atoms with Crippen LogP contribution >= 0.6 is 0 Å². The van der Waals surface area contributed by atoms with Gasteiger partial charge in [-0.15, -0.1) is 10.2 Å². The topological polar surface area (TPSA) is 146 Å². The van der Waals surface area contributed by atoms with Crippen molar-refractivity contribution in [3.63, 3.8) is 0 Å². The summed E-state index contributed by atoms with van der Waals surface area (Å²) >= 11 is 0. The zero-order chi connectivity index (χ0) is 49.2. The lowest BCUT2D eigenvalue weighted by Crippen LogP contribution is -2.52. The number of nitrogens with zero attached hydrogens (tertiary/aromatic N) is 10. The third kappa shape index (κ3) is 8.77. The molecule has 11 rings (SSSR count). The maximum Gasteiger partial charge on any atom is 0.418 e. The van der Waals surface area contributed by atoms with E-state index in [2.05, 4.69) is 65.4 Å². The van der Waals surface area contributed by atoms with Gasteiger partial charge in [0.25, 0.3) is 5.91 Å². The van der Waals surface area contributed by atoms with Gasteiger partial charge in [-0.25, -0.2) is 4.79 Å². The molecule has 19 heteroatoms. The lowest BCUT2D eigenvalue weighted by Gasteiger charge is -2.46. The highest BCUT2D eigenvalue weighted by molar-refractivity contribution is 6.05. The minimum Gasteiger partial charge on any atom is -0.381 e. The number of alkyl halides is 3. The molecule has 1 aliphatic carbocycles. The molecule has 3 amide bonds. The molecule has 0 spiro atoms. The average molecular weight is 972 g/mol. The van der Waals surface area contributed by atoms with Crippen molar-refractivity contribution in [2.24, 2.45) is 7.05 Å². The van der Waals surface area contributed by atoms with E-state index in [1.807, 2.05) is 41.9 Å². The molecule has 4 fully saturated rings. The third-order valence-corrected chi connectivity index (χ3v) is 15.5. The number of amides is 3. The number of piperidine rings is 1. The number of rotatable bonds is 12. The number of aryl methyl sites for hydroxylation is 1. The van der Waals surface area contributed by atoms with Crippen molar-refractivity contribution in [2.75, 3.05) is 75.8 Å². The summed E-state index contributed by atoms with van der Waals surface area (Å²) in [5.41, 5.74) is 4.61. The standard InChI is InChI=1S/C52H56F3N11O5/c1-59-33-56-58-49(59)51(27-41(28-51)71-2)37-4-3-5-40(26-37)64-32-45-43(52(53,54)55)24-35(30-66(45)50(64)70)29-61-18-16-60(17-19-61)15-14-34-6-8-38(9-7-34)62-20-22-63(23-21-62)39-10-11-42-36(25-39)31-65(48(42)69)44-12-13-46(67)57-47(44)68/h3-11,24-26,30,32-33,41,44H,12-23,27-29,31H2,1-2H3,(H,57,67,68). The quantitative estimate of drug-likeness (QED) is 0.169. The summed E-state index contributed by atoms with van der Waals surface area (Å²) in [6.07, 6.45) is 2.58. The number of fused-ring (bicyclic) bond motifs is 2. The van der Waals surface area contributed by atoms with Crippen LogP contribution in [0.4, 0.5) is 24.5 Å². The van der Waals surface area contributed by atoms with Crippen molar-refractivity contribution in [3.8, 4) is 5.69 Å². The van der Waals surface area contributed by atoms with Crippen molar-refractivity contribution in [1.29, 1.82) is 0 Å². The minimum atomic E-state index is -4.68. The Hall–Kier alpha value is -6.83. The molecule has 7 heterocycles. The summed E-state index contributed by atoms with van der Waals surface area (Å²) in [5.74, 6) is -0.116. The van der Waals surface area contributed by atoms with E-state index in [1.165, 1.54) is 28.1 Å². The number of imidazole rings is 1. The molecule has 5 aliphatic rings. The first-order chi connectivity index (χ1) is 34.2. The van der Waals surface area contributed by atoms with Crippen LogP contribution in [-0.4, -0.2) is 134 Å². The maximum atomic E-state index is 14.7. The Labute approximate surface area is 408 Å². The molecule has 6 aromatic rings. The molecular weight excluding hydrogens is 916 g/mol. The molecule has 16 nitrogen and oxygen atoms in total. The monoisotopic (exact) mass is 971 g/mol. The number of ether oxygens (including phenoxy) is 1. The zero-order valence-corrected chi connectivity index (χ0v) is 39.8. The van der Waals surface area contributed by atoms with Gasteiger partial charge in [-0.2, -0.15) is 13.2 Å². The van der Waals surface area contributed by atoms with Crippen LogP contribution in [0, 0.1) is 0 Å². The Bertz CT molecular complexity index is 3070. The number of carbonyl (C=O) groups excluding carboxylic acids is 3. The Kier molecular flexibility index (Phi) is 12.1. The van der Waals surface area contributed by atoms with E-state index in [9.17, 15) is 32.3 Å². The molecule has 370 valence electrons. The van der Waals surface area contributed by atoms with Gasteiger partial charge in [0.1, 0.15) is 18.2 Å². The maximum absolute atomic E-state index is 14.7. The number of anilines is 2. The number of piperazine rings is 2. The van der Waals surface area contributed by atoms with Gasteiger partial charge in [-0.3, -0.25) is 33.6 Å². The van der Waals surface area contributed by atoms with Crippen molar-refractivity contribution >= 4 is 34.6 Å².